The van der Waals surface area contributed by atoms with Gasteiger partial charge >= 0.3 is 0 Å². The molecule has 1 saturated heterocycles. The Labute approximate surface area is 306 Å². The van der Waals surface area contributed by atoms with Crippen LogP contribution in [0.3, 0.4) is 0 Å². The molecule has 4 atom stereocenters. The molecule has 0 saturated carbocycles. The van der Waals surface area contributed by atoms with E-state index in [0.717, 1.165) is 16.7 Å². The minimum atomic E-state index is -1.18. The number of imidazole rings is 1. The summed E-state index contributed by atoms with van der Waals surface area (Å²) in [5, 5.41) is 14.6. The van der Waals surface area contributed by atoms with E-state index in [1.807, 2.05) is 84.9 Å². The molecule has 0 radical (unpaired) electrons. The lowest BCUT2D eigenvalue weighted by Crippen LogP contribution is -2.40. The van der Waals surface area contributed by atoms with Crippen molar-refractivity contribution in [1.29, 1.82) is 0 Å². The molecule has 1 fully saturated rings. The summed E-state index contributed by atoms with van der Waals surface area (Å²) in [5.41, 5.74) is 2.47. The van der Waals surface area contributed by atoms with Crippen LogP contribution in [0.25, 0.3) is 11.2 Å². The number of aliphatic hydroxyl groups excluding tert-OH is 1. The lowest BCUT2D eigenvalue weighted by Gasteiger charge is -2.37. The van der Waals surface area contributed by atoms with Crippen molar-refractivity contribution in [3.05, 3.63) is 144 Å². The molecule has 0 bridgehead atoms. The number of hydrogen-bond donors (Lipinski definition) is 2. The fraction of sp³-hybridized carbons (Fsp3) is 0.220. The number of aromatic nitrogens is 4. The molecule has 0 unspecified atom stereocenters. The Balaban J connectivity index is 1.24. The quantitative estimate of drug-likeness (QED) is 0.119. The second kappa shape index (κ2) is 15.6. The van der Waals surface area contributed by atoms with Crippen molar-refractivity contribution in [1.82, 2.24) is 19.5 Å². The molecule has 1 aliphatic heterocycles. The van der Waals surface area contributed by atoms with Gasteiger partial charge < -0.3 is 34.1 Å². The predicted molar refractivity (Wildman–Crippen MR) is 196 cm³/mol. The van der Waals surface area contributed by atoms with E-state index in [0.29, 0.717) is 28.2 Å². The van der Waals surface area contributed by atoms with Crippen LogP contribution < -0.4 is 14.8 Å². The summed E-state index contributed by atoms with van der Waals surface area (Å²) in [6, 6.07) is 33.9. The summed E-state index contributed by atoms with van der Waals surface area (Å²) in [7, 11) is 3.23. The van der Waals surface area contributed by atoms with E-state index < -0.39 is 30.1 Å². The van der Waals surface area contributed by atoms with Gasteiger partial charge in [0.2, 0.25) is 0 Å². The maximum Gasteiger partial charge on any atom is 0.256 e. The minimum absolute atomic E-state index is 0.0689. The summed E-state index contributed by atoms with van der Waals surface area (Å²) < 4.78 is 32.2. The minimum Gasteiger partial charge on any atom is -0.497 e. The first-order chi connectivity index (χ1) is 26.0. The molecule has 3 heterocycles. The van der Waals surface area contributed by atoms with Crippen LogP contribution in [0.2, 0.25) is 0 Å². The van der Waals surface area contributed by atoms with Crippen LogP contribution in [0.5, 0.6) is 11.5 Å². The van der Waals surface area contributed by atoms with Gasteiger partial charge in [0, 0.05) is 5.56 Å². The van der Waals surface area contributed by atoms with Crippen LogP contribution >= 0.6 is 0 Å². The van der Waals surface area contributed by atoms with Crippen LogP contribution in [-0.2, 0) is 19.8 Å². The molecule has 1 amide bonds. The highest BCUT2D eigenvalue weighted by atomic mass is 16.6. The second-order valence-electron chi connectivity index (χ2n) is 12.2. The summed E-state index contributed by atoms with van der Waals surface area (Å²) in [6.07, 6.45) is 4.50. The van der Waals surface area contributed by atoms with Gasteiger partial charge in [-0.3, -0.25) is 9.36 Å². The zero-order chi connectivity index (χ0) is 36.8. The number of carbonyl (C=O) groups is 1. The highest BCUT2D eigenvalue weighted by molar-refractivity contribution is 6.06. The number of hydrogen-bond acceptors (Lipinski definition) is 10. The number of ether oxygens (including phenoxy) is 5. The standard InChI is InChI=1S/C41H37N5O7/c1-4-23-51-36-35(47)33(53-40(36)46-26-44-34-37(42-25-43-38(34)46)45-39(48)27-11-7-5-8-12-27)24-52-41(28-13-9-6-10-14-28,29-15-19-31(49-2)20-16-29)30-17-21-32(50-3)22-18-30/h1,5-22,25-26,33,35-36,40,47H,23-24H2,2-3H3,(H,42,43,45,48)/t33-,35-,36-,40-/m1/s1. The molecular formula is C41H37N5O7. The Bertz CT molecular complexity index is 2140. The van der Waals surface area contributed by atoms with E-state index >= 15 is 0 Å². The number of methoxy groups -OCH3 is 2. The van der Waals surface area contributed by atoms with E-state index in [9.17, 15) is 9.90 Å². The molecule has 7 rings (SSSR count). The van der Waals surface area contributed by atoms with Crippen LogP contribution in [0.1, 0.15) is 33.3 Å². The second-order valence-corrected chi connectivity index (χ2v) is 12.2. The van der Waals surface area contributed by atoms with Crippen molar-refractivity contribution < 1.29 is 33.6 Å². The van der Waals surface area contributed by atoms with Gasteiger partial charge in [-0.1, -0.05) is 78.7 Å². The van der Waals surface area contributed by atoms with Gasteiger partial charge in [-0.25, -0.2) is 15.0 Å². The van der Waals surface area contributed by atoms with Crippen LogP contribution in [-0.4, -0.2) is 76.3 Å². The Morgan fingerprint density at radius 1 is 0.868 bits per heavy atom. The van der Waals surface area contributed by atoms with Gasteiger partial charge in [0.05, 0.1) is 27.2 Å². The number of benzene rings is 4. The highest BCUT2D eigenvalue weighted by Crippen LogP contribution is 2.43. The summed E-state index contributed by atoms with van der Waals surface area (Å²) in [5.74, 6) is 3.73. The highest BCUT2D eigenvalue weighted by Gasteiger charge is 2.48. The largest absolute Gasteiger partial charge is 0.497 e. The third kappa shape index (κ3) is 6.94. The average molecular weight is 712 g/mol. The Hall–Kier alpha value is -6.10. The first kappa shape index (κ1) is 35.3. The molecule has 2 aromatic heterocycles. The van der Waals surface area contributed by atoms with E-state index in [-0.39, 0.29) is 24.9 Å². The van der Waals surface area contributed by atoms with Crippen molar-refractivity contribution in [2.75, 3.05) is 32.8 Å². The fourth-order valence-electron chi connectivity index (χ4n) is 6.58. The smallest absolute Gasteiger partial charge is 0.256 e. The molecule has 6 aromatic rings. The molecule has 0 aliphatic carbocycles. The van der Waals surface area contributed by atoms with Gasteiger partial charge in [-0.2, -0.15) is 0 Å². The monoisotopic (exact) mass is 711 g/mol. The lowest BCUT2D eigenvalue weighted by atomic mass is 9.80. The number of anilines is 1. The van der Waals surface area contributed by atoms with Crippen molar-refractivity contribution in [2.24, 2.45) is 0 Å². The first-order valence-corrected chi connectivity index (χ1v) is 16.9. The Morgan fingerprint density at radius 3 is 2.08 bits per heavy atom. The third-order valence-electron chi connectivity index (χ3n) is 9.21. The van der Waals surface area contributed by atoms with Gasteiger partial charge in [-0.05, 0) is 53.1 Å². The van der Waals surface area contributed by atoms with Gasteiger partial charge in [0.25, 0.3) is 5.91 Å². The number of rotatable bonds is 13. The van der Waals surface area contributed by atoms with Crippen LogP contribution in [0.15, 0.2) is 122 Å². The normalized spacial score (nSPS) is 18.4. The Morgan fingerprint density at radius 2 is 1.47 bits per heavy atom. The van der Waals surface area contributed by atoms with Gasteiger partial charge in [0.1, 0.15) is 48.3 Å². The molecule has 12 nitrogen and oxygen atoms in total. The molecule has 53 heavy (non-hydrogen) atoms. The van der Waals surface area contributed by atoms with Gasteiger partial charge in [0.15, 0.2) is 23.2 Å². The molecule has 0 spiro atoms. The predicted octanol–water partition coefficient (Wildman–Crippen LogP) is 5.38. The molecule has 4 aromatic carbocycles. The van der Waals surface area contributed by atoms with Crippen molar-refractivity contribution in [3.63, 3.8) is 0 Å². The van der Waals surface area contributed by atoms with E-state index in [1.54, 1.807) is 43.1 Å². The first-order valence-electron chi connectivity index (χ1n) is 16.9. The maximum atomic E-state index is 13.0. The topological polar surface area (TPSA) is 139 Å². The van der Waals surface area contributed by atoms with Gasteiger partial charge in [-0.15, -0.1) is 6.42 Å². The Kier molecular flexibility index (Phi) is 10.4. The third-order valence-corrected chi connectivity index (χ3v) is 9.21. The number of terminal acetylenes is 1. The fourth-order valence-corrected chi connectivity index (χ4v) is 6.58. The number of carbonyl (C=O) groups excluding carboxylic acids is 1. The van der Waals surface area contributed by atoms with E-state index in [2.05, 4.69) is 26.2 Å². The number of nitrogens with one attached hydrogen (secondary N) is 1. The zero-order valence-corrected chi connectivity index (χ0v) is 29.0. The number of fused-ring (bicyclic) bond motifs is 1. The average Bonchev–Trinajstić information content (AvgIpc) is 3.79. The molecule has 268 valence electrons. The lowest BCUT2D eigenvalue weighted by molar-refractivity contribution is -0.0953. The number of aliphatic hydroxyl groups is 1. The molecule has 1 aliphatic rings. The van der Waals surface area contributed by atoms with Crippen molar-refractivity contribution in [2.45, 2.75) is 30.1 Å². The number of amides is 1. The summed E-state index contributed by atoms with van der Waals surface area (Å²) >= 11 is 0. The summed E-state index contributed by atoms with van der Waals surface area (Å²) in [4.78, 5) is 26.2. The van der Waals surface area contributed by atoms with E-state index in [1.165, 1.54) is 12.7 Å². The zero-order valence-electron chi connectivity index (χ0n) is 29.0. The molecule has 2 N–H and O–H groups in total. The van der Waals surface area contributed by atoms with Crippen molar-refractivity contribution in [3.8, 4) is 23.8 Å². The molecule has 12 heteroatoms. The molecular weight excluding hydrogens is 674 g/mol. The van der Waals surface area contributed by atoms with Crippen LogP contribution in [0.4, 0.5) is 5.82 Å². The number of nitrogens with zero attached hydrogens (tertiary/aromatic N) is 4. The van der Waals surface area contributed by atoms with Crippen LogP contribution in [0, 0.1) is 12.3 Å². The van der Waals surface area contributed by atoms with Crippen molar-refractivity contribution >= 4 is 22.9 Å². The SMILES string of the molecule is C#CCO[C@@H]1[C@H](O)[C@@H](COC(c2ccccc2)(c2ccc(OC)cc2)c2ccc(OC)cc2)O[C@H]1n1cnc2c(NC(=O)c3ccccc3)ncnc21. The maximum absolute atomic E-state index is 13.0. The van der Waals surface area contributed by atoms with E-state index in [4.69, 9.17) is 30.1 Å². The summed E-state index contributed by atoms with van der Waals surface area (Å²) in [6.45, 7) is -0.151.